The third-order valence-electron chi connectivity index (χ3n) is 3.38. The van der Waals surface area contributed by atoms with Gasteiger partial charge in [-0.2, -0.15) is 0 Å². The van der Waals surface area contributed by atoms with E-state index in [2.05, 4.69) is 4.98 Å². The van der Waals surface area contributed by atoms with Gasteiger partial charge in [-0.3, -0.25) is 4.79 Å². The van der Waals surface area contributed by atoms with Gasteiger partial charge in [0.15, 0.2) is 6.23 Å². The van der Waals surface area contributed by atoms with Crippen LogP contribution in [-0.2, 0) is 22.5 Å². The minimum Gasteiger partial charge on any atom is -0.394 e. The zero-order chi connectivity index (χ0) is 14.9. The highest BCUT2D eigenvalue weighted by molar-refractivity contribution is 5.78. The standard InChI is InChI=1S/C12H19N3O5/c1-6(17)2-8-7(3-13)14-5-15(8)12-11(19)10(18)9(4-16)20-12/h5,9-12,16,18-19H,2-4,13H2,1H3/t9-,10-,11-,12-/m1/s1. The van der Waals surface area contributed by atoms with Crippen LogP contribution >= 0.6 is 0 Å². The van der Waals surface area contributed by atoms with E-state index in [-0.39, 0.29) is 18.7 Å². The van der Waals surface area contributed by atoms with Crippen LogP contribution in [-0.4, -0.2) is 55.6 Å². The maximum absolute atomic E-state index is 11.3. The van der Waals surface area contributed by atoms with Gasteiger partial charge in [0.05, 0.1) is 24.3 Å². The normalized spacial score (nSPS) is 29.9. The van der Waals surface area contributed by atoms with E-state index < -0.39 is 31.1 Å². The largest absolute Gasteiger partial charge is 0.394 e. The van der Waals surface area contributed by atoms with Crippen molar-refractivity contribution in [1.29, 1.82) is 0 Å². The van der Waals surface area contributed by atoms with Gasteiger partial charge in [0, 0.05) is 13.0 Å². The van der Waals surface area contributed by atoms with Gasteiger partial charge in [0.1, 0.15) is 24.1 Å². The van der Waals surface area contributed by atoms with Crippen molar-refractivity contribution in [3.8, 4) is 0 Å². The third kappa shape index (κ3) is 2.60. The average Bonchev–Trinajstić information content (AvgIpc) is 2.92. The van der Waals surface area contributed by atoms with Crippen LogP contribution < -0.4 is 5.73 Å². The van der Waals surface area contributed by atoms with Crippen LogP contribution in [0.15, 0.2) is 6.33 Å². The number of Topliss-reactive ketones (excluding diaryl/α,β-unsaturated/α-hetero) is 1. The lowest BCUT2D eigenvalue weighted by molar-refractivity contribution is -0.116. The third-order valence-corrected chi connectivity index (χ3v) is 3.38. The summed E-state index contributed by atoms with van der Waals surface area (Å²) in [7, 11) is 0. The van der Waals surface area contributed by atoms with Gasteiger partial charge in [-0.25, -0.2) is 4.98 Å². The van der Waals surface area contributed by atoms with Crippen LogP contribution in [0.2, 0.25) is 0 Å². The molecule has 0 unspecified atom stereocenters. The number of carbonyl (C=O) groups excluding carboxylic acids is 1. The molecule has 4 atom stereocenters. The maximum Gasteiger partial charge on any atom is 0.164 e. The summed E-state index contributed by atoms with van der Waals surface area (Å²) in [6.45, 7) is 1.19. The molecule has 5 N–H and O–H groups in total. The van der Waals surface area contributed by atoms with Crippen molar-refractivity contribution < 1.29 is 24.9 Å². The van der Waals surface area contributed by atoms with Gasteiger partial charge < -0.3 is 30.4 Å². The van der Waals surface area contributed by atoms with E-state index in [0.717, 1.165) is 0 Å². The molecule has 1 fully saturated rings. The van der Waals surface area contributed by atoms with Crippen LogP contribution in [0.25, 0.3) is 0 Å². The number of imidazole rings is 1. The van der Waals surface area contributed by atoms with Crippen molar-refractivity contribution in [2.24, 2.45) is 5.73 Å². The smallest absolute Gasteiger partial charge is 0.164 e. The highest BCUT2D eigenvalue weighted by Gasteiger charge is 2.44. The number of aliphatic hydroxyl groups is 3. The maximum atomic E-state index is 11.3. The second kappa shape index (κ2) is 5.98. The first-order valence-electron chi connectivity index (χ1n) is 6.36. The van der Waals surface area contributed by atoms with Gasteiger partial charge in [-0.05, 0) is 6.92 Å². The topological polar surface area (TPSA) is 131 Å². The van der Waals surface area contributed by atoms with Crippen molar-refractivity contribution in [1.82, 2.24) is 9.55 Å². The molecule has 1 saturated heterocycles. The molecule has 8 heteroatoms. The zero-order valence-corrected chi connectivity index (χ0v) is 11.1. The predicted octanol–water partition coefficient (Wildman–Crippen LogP) is -1.92. The molecule has 20 heavy (non-hydrogen) atoms. The Morgan fingerprint density at radius 3 is 2.70 bits per heavy atom. The lowest BCUT2D eigenvalue weighted by atomic mass is 10.1. The van der Waals surface area contributed by atoms with Gasteiger partial charge in [-0.15, -0.1) is 0 Å². The molecule has 0 spiro atoms. The first-order chi connectivity index (χ1) is 9.49. The molecule has 0 radical (unpaired) electrons. The predicted molar refractivity (Wildman–Crippen MR) is 67.5 cm³/mol. The van der Waals surface area contributed by atoms with E-state index in [1.165, 1.54) is 17.8 Å². The van der Waals surface area contributed by atoms with Crippen molar-refractivity contribution in [2.75, 3.05) is 6.61 Å². The Labute approximate surface area is 115 Å². The van der Waals surface area contributed by atoms with Crippen LogP contribution in [0.1, 0.15) is 24.5 Å². The van der Waals surface area contributed by atoms with Crippen LogP contribution in [0.5, 0.6) is 0 Å². The number of hydrogen-bond donors (Lipinski definition) is 4. The molecule has 1 aromatic rings. The molecule has 0 amide bonds. The Bertz CT molecular complexity index is 489. The molecule has 0 bridgehead atoms. The summed E-state index contributed by atoms with van der Waals surface area (Å²) >= 11 is 0. The van der Waals surface area contributed by atoms with Gasteiger partial charge in [0.2, 0.25) is 0 Å². The van der Waals surface area contributed by atoms with Crippen molar-refractivity contribution in [3.05, 3.63) is 17.7 Å². The molecule has 0 aromatic carbocycles. The number of ether oxygens (including phenoxy) is 1. The van der Waals surface area contributed by atoms with Crippen molar-refractivity contribution in [3.63, 3.8) is 0 Å². The molecule has 0 saturated carbocycles. The minimum atomic E-state index is -1.21. The fourth-order valence-electron chi connectivity index (χ4n) is 2.35. The van der Waals surface area contributed by atoms with Gasteiger partial charge >= 0.3 is 0 Å². The van der Waals surface area contributed by atoms with Crippen LogP contribution in [0.3, 0.4) is 0 Å². The molecule has 2 heterocycles. The van der Waals surface area contributed by atoms with Gasteiger partial charge in [-0.1, -0.05) is 0 Å². The van der Waals surface area contributed by atoms with E-state index in [0.29, 0.717) is 11.4 Å². The Balaban J connectivity index is 2.33. The second-order valence-electron chi connectivity index (χ2n) is 4.86. The molecule has 8 nitrogen and oxygen atoms in total. The number of nitrogens with zero attached hydrogens (tertiary/aromatic N) is 2. The number of ketones is 1. The molecule has 0 aliphatic carbocycles. The van der Waals surface area contributed by atoms with E-state index in [1.54, 1.807) is 0 Å². The summed E-state index contributed by atoms with van der Waals surface area (Å²) in [5.74, 6) is -0.0757. The summed E-state index contributed by atoms with van der Waals surface area (Å²) < 4.78 is 6.92. The Kier molecular flexibility index (Phi) is 4.51. The van der Waals surface area contributed by atoms with Crippen LogP contribution in [0, 0.1) is 0 Å². The molecular weight excluding hydrogens is 266 g/mol. The van der Waals surface area contributed by atoms with E-state index in [4.69, 9.17) is 15.6 Å². The number of aromatic nitrogens is 2. The summed E-state index contributed by atoms with van der Waals surface area (Å²) in [5, 5.41) is 28.9. The van der Waals surface area contributed by atoms with E-state index >= 15 is 0 Å². The molecule has 1 aromatic heterocycles. The lowest BCUT2D eigenvalue weighted by Crippen LogP contribution is -2.33. The monoisotopic (exact) mass is 285 g/mol. The van der Waals surface area contributed by atoms with E-state index in [9.17, 15) is 15.0 Å². The fraction of sp³-hybridized carbons (Fsp3) is 0.667. The number of rotatable bonds is 5. The molecule has 1 aliphatic rings. The first kappa shape index (κ1) is 15.1. The van der Waals surface area contributed by atoms with E-state index in [1.807, 2.05) is 0 Å². The summed E-state index contributed by atoms with van der Waals surface area (Å²) in [6, 6.07) is 0. The lowest BCUT2D eigenvalue weighted by Gasteiger charge is -2.19. The summed E-state index contributed by atoms with van der Waals surface area (Å²) in [4.78, 5) is 15.4. The second-order valence-corrected chi connectivity index (χ2v) is 4.86. The highest BCUT2D eigenvalue weighted by Crippen LogP contribution is 2.31. The summed E-state index contributed by atoms with van der Waals surface area (Å²) in [5.41, 5.74) is 6.66. The fourth-order valence-corrected chi connectivity index (χ4v) is 2.35. The zero-order valence-electron chi connectivity index (χ0n) is 11.1. The quantitative estimate of drug-likeness (QED) is 0.496. The number of carbonyl (C=O) groups is 1. The van der Waals surface area contributed by atoms with Crippen molar-refractivity contribution >= 4 is 5.78 Å². The number of aliphatic hydroxyl groups excluding tert-OH is 3. The SMILES string of the molecule is CC(=O)Cc1c(CN)ncn1[C@@H]1O[C@H](CO)[C@@H](O)[C@H]1O. The minimum absolute atomic E-state index is 0.0757. The van der Waals surface area contributed by atoms with Crippen molar-refractivity contribution in [2.45, 2.75) is 44.4 Å². The molecule has 112 valence electrons. The van der Waals surface area contributed by atoms with Crippen LogP contribution in [0.4, 0.5) is 0 Å². The molecule has 2 rings (SSSR count). The van der Waals surface area contributed by atoms with Gasteiger partial charge in [0.25, 0.3) is 0 Å². The molecule has 1 aliphatic heterocycles. The average molecular weight is 285 g/mol. The Morgan fingerprint density at radius 1 is 1.50 bits per heavy atom. The summed E-state index contributed by atoms with van der Waals surface area (Å²) in [6.07, 6.45) is -2.65. The molecular formula is C12H19N3O5. The Hall–Kier alpha value is -1.32. The highest BCUT2D eigenvalue weighted by atomic mass is 16.6. The number of nitrogens with two attached hydrogens (primary N) is 1. The first-order valence-corrected chi connectivity index (χ1v) is 6.36. The Morgan fingerprint density at radius 2 is 2.20 bits per heavy atom. The number of hydrogen-bond acceptors (Lipinski definition) is 7.